The van der Waals surface area contributed by atoms with E-state index < -0.39 is 23.0 Å². The summed E-state index contributed by atoms with van der Waals surface area (Å²) in [6, 6.07) is 3.93. The lowest BCUT2D eigenvalue weighted by Crippen LogP contribution is -2.28. The van der Waals surface area contributed by atoms with E-state index in [0.717, 1.165) is 0 Å². The molecule has 0 fully saturated rings. The van der Waals surface area contributed by atoms with E-state index in [-0.39, 0.29) is 22.9 Å². The number of alkyl halides is 2. The number of nitrogens with one attached hydrogen (secondary N) is 1. The van der Waals surface area contributed by atoms with Crippen LogP contribution in [0.2, 0.25) is 5.02 Å². The Bertz CT molecular complexity index is 623. The molecule has 0 unspecified atom stereocenters. The summed E-state index contributed by atoms with van der Waals surface area (Å²) in [7, 11) is -4.08. The Morgan fingerprint density at radius 3 is 2.65 bits per heavy atom. The monoisotopic (exact) mass is 323 g/mol. The van der Waals surface area contributed by atoms with Gasteiger partial charge in [0.25, 0.3) is 6.43 Å². The molecule has 8 heteroatoms. The number of benzene rings is 1. The molecule has 0 spiro atoms. The Kier molecular flexibility index (Phi) is 6.36. The molecule has 4 nitrogen and oxygen atoms in total. The van der Waals surface area contributed by atoms with Crippen molar-refractivity contribution in [3.8, 4) is 11.8 Å². The lowest BCUT2D eigenvalue weighted by atomic mass is 10.2. The van der Waals surface area contributed by atoms with Gasteiger partial charge in [0, 0.05) is 12.0 Å². The van der Waals surface area contributed by atoms with Crippen molar-refractivity contribution in [1.82, 2.24) is 4.72 Å². The lowest BCUT2D eigenvalue weighted by molar-refractivity contribution is 0.153. The first kappa shape index (κ1) is 16.9. The first-order chi connectivity index (χ1) is 9.36. The summed E-state index contributed by atoms with van der Waals surface area (Å²) in [5.74, 6) is 5.34. The predicted molar refractivity (Wildman–Crippen MR) is 71.2 cm³/mol. The van der Waals surface area contributed by atoms with Gasteiger partial charge in [-0.15, -0.1) is 0 Å². The molecule has 0 heterocycles. The Balaban J connectivity index is 2.96. The number of aliphatic hydroxyl groups excluding tert-OH is 1. The summed E-state index contributed by atoms with van der Waals surface area (Å²) in [5.41, 5.74) is 0.469. The van der Waals surface area contributed by atoms with Gasteiger partial charge in [0.2, 0.25) is 10.0 Å². The van der Waals surface area contributed by atoms with E-state index in [2.05, 4.69) is 11.8 Å². The average Bonchev–Trinajstić information content (AvgIpc) is 2.37. The standard InChI is InChI=1S/C12H12ClF2NO3S/c13-10-7-9(3-1-2-6-17)4-5-11(10)20(18,19)16-8-12(14)15/h4-5,7,12,16-17H,2,6,8H2. The van der Waals surface area contributed by atoms with Crippen molar-refractivity contribution in [3.05, 3.63) is 28.8 Å². The normalized spacial score (nSPS) is 11.2. The fraction of sp³-hybridized carbons (Fsp3) is 0.333. The smallest absolute Gasteiger partial charge is 0.251 e. The maximum Gasteiger partial charge on any atom is 0.251 e. The molecule has 0 radical (unpaired) electrons. The number of hydrogen-bond donors (Lipinski definition) is 2. The van der Waals surface area contributed by atoms with E-state index in [1.54, 1.807) is 4.72 Å². The molecule has 2 N–H and O–H groups in total. The number of hydrogen-bond acceptors (Lipinski definition) is 3. The second-order valence-electron chi connectivity index (χ2n) is 3.66. The molecular formula is C12H12ClF2NO3S. The summed E-state index contributed by atoms with van der Waals surface area (Å²) >= 11 is 5.82. The minimum atomic E-state index is -4.08. The van der Waals surface area contributed by atoms with Gasteiger partial charge in [-0.05, 0) is 18.2 Å². The summed E-state index contributed by atoms with van der Waals surface area (Å²) in [4.78, 5) is -0.285. The molecule has 0 aromatic heterocycles. The van der Waals surface area contributed by atoms with Crippen LogP contribution in [0.1, 0.15) is 12.0 Å². The van der Waals surface area contributed by atoms with Crippen LogP contribution in [0.4, 0.5) is 8.78 Å². The predicted octanol–water partition coefficient (Wildman–Crippen LogP) is 1.62. The molecule has 20 heavy (non-hydrogen) atoms. The van der Waals surface area contributed by atoms with Gasteiger partial charge in [-0.3, -0.25) is 0 Å². The van der Waals surface area contributed by atoms with Gasteiger partial charge in [0.05, 0.1) is 18.2 Å². The number of rotatable bonds is 5. The van der Waals surface area contributed by atoms with Crippen LogP contribution < -0.4 is 4.72 Å². The molecule has 0 aliphatic heterocycles. The first-order valence-corrected chi connectivity index (χ1v) is 7.40. The maximum atomic E-state index is 12.0. The number of halogens is 3. The fourth-order valence-corrected chi connectivity index (χ4v) is 2.82. The van der Waals surface area contributed by atoms with Crippen LogP contribution in [-0.2, 0) is 10.0 Å². The van der Waals surface area contributed by atoms with Gasteiger partial charge in [-0.1, -0.05) is 23.4 Å². The van der Waals surface area contributed by atoms with E-state index in [1.807, 2.05) is 0 Å². The highest BCUT2D eigenvalue weighted by atomic mass is 35.5. The van der Waals surface area contributed by atoms with Crippen LogP contribution in [0.15, 0.2) is 23.1 Å². The summed E-state index contributed by atoms with van der Waals surface area (Å²) < 4.78 is 49.3. The van der Waals surface area contributed by atoms with E-state index in [1.165, 1.54) is 18.2 Å². The zero-order valence-electron chi connectivity index (χ0n) is 10.2. The maximum absolute atomic E-state index is 12.0. The zero-order chi connectivity index (χ0) is 15.2. The minimum Gasteiger partial charge on any atom is -0.395 e. The molecule has 0 bridgehead atoms. The summed E-state index contributed by atoms with van der Waals surface area (Å²) in [6.45, 7) is -1.05. The van der Waals surface area contributed by atoms with Crippen molar-refractivity contribution in [2.45, 2.75) is 17.7 Å². The third-order valence-corrected chi connectivity index (χ3v) is 4.03. The van der Waals surface area contributed by atoms with E-state index in [4.69, 9.17) is 16.7 Å². The van der Waals surface area contributed by atoms with Crippen molar-refractivity contribution in [1.29, 1.82) is 0 Å². The van der Waals surface area contributed by atoms with E-state index in [9.17, 15) is 17.2 Å². The third-order valence-electron chi connectivity index (χ3n) is 2.12. The SMILES string of the molecule is O=S(=O)(NCC(F)F)c1ccc(C#CCCO)cc1Cl. The van der Waals surface area contributed by atoms with Crippen LogP contribution in [0.3, 0.4) is 0 Å². The minimum absolute atomic E-state index is 0.0786. The second kappa shape index (κ2) is 7.55. The van der Waals surface area contributed by atoms with Gasteiger partial charge in [-0.25, -0.2) is 21.9 Å². The fourth-order valence-electron chi connectivity index (χ4n) is 1.27. The summed E-state index contributed by atoms with van der Waals surface area (Å²) in [5, 5.41) is 8.47. The topological polar surface area (TPSA) is 66.4 Å². The molecule has 1 rings (SSSR count). The Hall–Kier alpha value is -1.20. The van der Waals surface area contributed by atoms with Crippen molar-refractivity contribution in [2.24, 2.45) is 0 Å². The van der Waals surface area contributed by atoms with Crippen LogP contribution >= 0.6 is 11.6 Å². The van der Waals surface area contributed by atoms with Gasteiger partial charge < -0.3 is 5.11 Å². The zero-order valence-corrected chi connectivity index (χ0v) is 11.8. The Morgan fingerprint density at radius 2 is 2.10 bits per heavy atom. The second-order valence-corrected chi connectivity index (χ2v) is 5.81. The molecule has 110 valence electrons. The molecule has 0 saturated carbocycles. The Morgan fingerprint density at radius 1 is 1.40 bits per heavy atom. The van der Waals surface area contributed by atoms with Gasteiger partial charge in [0.1, 0.15) is 4.90 Å². The first-order valence-electron chi connectivity index (χ1n) is 5.54. The molecule has 1 aromatic rings. The van der Waals surface area contributed by atoms with Crippen molar-refractivity contribution >= 4 is 21.6 Å². The summed E-state index contributed by atoms with van der Waals surface area (Å²) in [6.07, 6.45) is -2.50. The van der Waals surface area contributed by atoms with Gasteiger partial charge in [0.15, 0.2) is 0 Å². The van der Waals surface area contributed by atoms with Gasteiger partial charge in [-0.2, -0.15) is 0 Å². The van der Waals surface area contributed by atoms with Gasteiger partial charge >= 0.3 is 0 Å². The molecule has 0 saturated heterocycles. The molecular weight excluding hydrogens is 312 g/mol. The number of sulfonamides is 1. The molecule has 0 amide bonds. The van der Waals surface area contributed by atoms with Crippen LogP contribution in [0.5, 0.6) is 0 Å². The number of aliphatic hydroxyl groups is 1. The quantitative estimate of drug-likeness (QED) is 0.809. The van der Waals surface area contributed by atoms with Crippen LogP contribution in [0.25, 0.3) is 0 Å². The highest BCUT2D eigenvalue weighted by molar-refractivity contribution is 7.89. The van der Waals surface area contributed by atoms with Crippen LogP contribution in [-0.4, -0.2) is 33.1 Å². The highest BCUT2D eigenvalue weighted by Crippen LogP contribution is 2.22. The van der Waals surface area contributed by atoms with Crippen molar-refractivity contribution in [2.75, 3.05) is 13.2 Å². The molecule has 0 aliphatic rings. The van der Waals surface area contributed by atoms with E-state index in [0.29, 0.717) is 5.56 Å². The highest BCUT2D eigenvalue weighted by Gasteiger charge is 2.19. The van der Waals surface area contributed by atoms with E-state index >= 15 is 0 Å². The molecule has 0 aliphatic carbocycles. The van der Waals surface area contributed by atoms with Crippen molar-refractivity contribution in [3.63, 3.8) is 0 Å². The third kappa shape index (κ3) is 5.06. The van der Waals surface area contributed by atoms with Crippen molar-refractivity contribution < 1.29 is 22.3 Å². The molecule has 1 aromatic carbocycles. The molecule has 0 atom stereocenters. The lowest BCUT2D eigenvalue weighted by Gasteiger charge is -2.08. The Labute approximate surface area is 120 Å². The average molecular weight is 324 g/mol. The largest absolute Gasteiger partial charge is 0.395 e. The van der Waals surface area contributed by atoms with Crippen LogP contribution in [0, 0.1) is 11.8 Å².